The molecule has 1 aromatic rings. The Labute approximate surface area is 101 Å². The van der Waals surface area contributed by atoms with Crippen LogP contribution in [0, 0.1) is 5.92 Å². The predicted octanol–water partition coefficient (Wildman–Crippen LogP) is 3.13. The number of hydrogen-bond donors (Lipinski definition) is 1. The molecule has 1 unspecified atom stereocenters. The molecule has 1 aromatic carbocycles. The summed E-state index contributed by atoms with van der Waals surface area (Å²) in [4.78, 5) is 11.7. The molecule has 2 N–H and O–H groups in total. The number of esters is 1. The summed E-state index contributed by atoms with van der Waals surface area (Å²) in [6.45, 7) is 4.45. The summed E-state index contributed by atoms with van der Waals surface area (Å²) in [5, 5.41) is 0.328. The van der Waals surface area contributed by atoms with Gasteiger partial charge in [0.25, 0.3) is 0 Å². The molecule has 0 saturated carbocycles. The second kappa shape index (κ2) is 5.75. The van der Waals surface area contributed by atoms with E-state index in [0.29, 0.717) is 23.2 Å². The van der Waals surface area contributed by atoms with E-state index >= 15 is 0 Å². The van der Waals surface area contributed by atoms with Gasteiger partial charge in [0, 0.05) is 5.69 Å². The number of hydrogen-bond acceptors (Lipinski definition) is 3. The Morgan fingerprint density at radius 2 is 2.25 bits per heavy atom. The van der Waals surface area contributed by atoms with Crippen molar-refractivity contribution in [3.8, 4) is 0 Å². The number of benzene rings is 1. The molecule has 0 radical (unpaired) electrons. The van der Waals surface area contributed by atoms with E-state index in [1.54, 1.807) is 18.2 Å². The van der Waals surface area contributed by atoms with Crippen LogP contribution in [0.2, 0.25) is 5.02 Å². The van der Waals surface area contributed by atoms with Crippen molar-refractivity contribution in [3.05, 3.63) is 28.8 Å². The molecule has 0 fully saturated rings. The first-order valence-corrected chi connectivity index (χ1v) is 5.65. The third-order valence-electron chi connectivity index (χ3n) is 2.45. The van der Waals surface area contributed by atoms with Crippen molar-refractivity contribution in [2.45, 2.75) is 20.3 Å². The van der Waals surface area contributed by atoms with Crippen LogP contribution in [0.1, 0.15) is 30.6 Å². The minimum atomic E-state index is -0.455. The van der Waals surface area contributed by atoms with E-state index in [0.717, 1.165) is 6.42 Å². The monoisotopic (exact) mass is 241 g/mol. The molecule has 4 heteroatoms. The zero-order valence-electron chi connectivity index (χ0n) is 9.50. The van der Waals surface area contributed by atoms with Gasteiger partial charge in [-0.25, -0.2) is 4.79 Å². The summed E-state index contributed by atoms with van der Waals surface area (Å²) in [7, 11) is 0. The van der Waals surface area contributed by atoms with Gasteiger partial charge in [-0.15, -0.1) is 0 Å². The number of carbonyl (C=O) groups excluding carboxylic acids is 1. The molecule has 1 atom stereocenters. The highest BCUT2D eigenvalue weighted by Crippen LogP contribution is 2.23. The van der Waals surface area contributed by atoms with Crippen LogP contribution in [0.4, 0.5) is 5.69 Å². The first-order valence-electron chi connectivity index (χ1n) is 5.27. The molecule has 0 heterocycles. The van der Waals surface area contributed by atoms with E-state index in [1.807, 2.05) is 13.8 Å². The van der Waals surface area contributed by atoms with E-state index in [-0.39, 0.29) is 5.56 Å². The lowest BCUT2D eigenvalue weighted by Gasteiger charge is -2.11. The predicted molar refractivity (Wildman–Crippen MR) is 65.6 cm³/mol. The fraction of sp³-hybridized carbons (Fsp3) is 0.417. The van der Waals surface area contributed by atoms with E-state index in [9.17, 15) is 4.79 Å². The van der Waals surface area contributed by atoms with Crippen LogP contribution in [-0.4, -0.2) is 12.6 Å². The standard InChI is InChI=1S/C12H16ClNO2/c1-3-8(2)7-16-12(15)11-9(13)5-4-6-10(11)14/h4-6,8H,3,7,14H2,1-2H3. The highest BCUT2D eigenvalue weighted by atomic mass is 35.5. The molecule has 0 aromatic heterocycles. The largest absolute Gasteiger partial charge is 0.462 e. The summed E-state index contributed by atoms with van der Waals surface area (Å²) in [6.07, 6.45) is 0.964. The lowest BCUT2D eigenvalue weighted by molar-refractivity contribution is 0.0448. The molecule has 0 amide bonds. The SMILES string of the molecule is CCC(C)COC(=O)c1c(N)cccc1Cl. The van der Waals surface area contributed by atoms with E-state index in [2.05, 4.69) is 0 Å². The fourth-order valence-electron chi connectivity index (χ4n) is 1.16. The molecule has 16 heavy (non-hydrogen) atoms. The van der Waals surface area contributed by atoms with Gasteiger partial charge in [0.1, 0.15) is 5.56 Å². The van der Waals surface area contributed by atoms with Crippen LogP contribution in [0.15, 0.2) is 18.2 Å². The summed E-state index contributed by atoms with van der Waals surface area (Å²) in [5.74, 6) is -0.115. The third-order valence-corrected chi connectivity index (χ3v) is 2.76. The van der Waals surface area contributed by atoms with Gasteiger partial charge in [0.05, 0.1) is 11.6 Å². The van der Waals surface area contributed by atoms with Crippen molar-refractivity contribution in [2.75, 3.05) is 12.3 Å². The van der Waals surface area contributed by atoms with Crippen LogP contribution in [0.5, 0.6) is 0 Å². The van der Waals surface area contributed by atoms with Gasteiger partial charge in [0.2, 0.25) is 0 Å². The van der Waals surface area contributed by atoms with Gasteiger partial charge in [0.15, 0.2) is 0 Å². The Kier molecular flexibility index (Phi) is 4.62. The highest BCUT2D eigenvalue weighted by molar-refractivity contribution is 6.34. The Morgan fingerprint density at radius 3 is 2.81 bits per heavy atom. The molecular formula is C12H16ClNO2. The molecule has 3 nitrogen and oxygen atoms in total. The van der Waals surface area contributed by atoms with Crippen LogP contribution < -0.4 is 5.73 Å². The van der Waals surface area contributed by atoms with Crippen LogP contribution in [-0.2, 0) is 4.74 Å². The number of ether oxygens (including phenoxy) is 1. The van der Waals surface area contributed by atoms with Gasteiger partial charge in [-0.3, -0.25) is 0 Å². The first-order chi connectivity index (χ1) is 7.56. The molecule has 0 aliphatic carbocycles. The Bertz CT molecular complexity index is 359. The quantitative estimate of drug-likeness (QED) is 0.651. The lowest BCUT2D eigenvalue weighted by atomic mass is 10.1. The average Bonchev–Trinajstić information content (AvgIpc) is 2.25. The van der Waals surface area contributed by atoms with Crippen molar-refractivity contribution in [2.24, 2.45) is 5.92 Å². The second-order valence-corrected chi connectivity index (χ2v) is 4.22. The number of anilines is 1. The van der Waals surface area contributed by atoms with Gasteiger partial charge >= 0.3 is 5.97 Å². The molecule has 88 valence electrons. The van der Waals surface area contributed by atoms with E-state index in [1.165, 1.54) is 0 Å². The second-order valence-electron chi connectivity index (χ2n) is 3.82. The third kappa shape index (κ3) is 3.14. The lowest BCUT2D eigenvalue weighted by Crippen LogP contribution is -2.13. The van der Waals surface area contributed by atoms with Crippen LogP contribution in [0.3, 0.4) is 0 Å². The number of nitrogens with two attached hydrogens (primary N) is 1. The molecule has 0 aliphatic heterocycles. The Morgan fingerprint density at radius 1 is 1.56 bits per heavy atom. The van der Waals surface area contributed by atoms with Crippen LogP contribution in [0.25, 0.3) is 0 Å². The Balaban J connectivity index is 2.73. The maximum absolute atomic E-state index is 11.7. The molecule has 1 rings (SSSR count). The van der Waals surface area contributed by atoms with Crippen molar-refractivity contribution in [1.82, 2.24) is 0 Å². The highest BCUT2D eigenvalue weighted by Gasteiger charge is 2.15. The minimum Gasteiger partial charge on any atom is -0.462 e. The van der Waals surface area contributed by atoms with Crippen molar-refractivity contribution >= 4 is 23.3 Å². The normalized spacial score (nSPS) is 12.2. The van der Waals surface area contributed by atoms with E-state index < -0.39 is 5.97 Å². The maximum atomic E-state index is 11.7. The zero-order chi connectivity index (χ0) is 12.1. The molecule has 0 aliphatic rings. The number of rotatable bonds is 4. The van der Waals surface area contributed by atoms with Crippen molar-refractivity contribution in [1.29, 1.82) is 0 Å². The smallest absolute Gasteiger partial charge is 0.341 e. The molecule has 0 bridgehead atoms. The first kappa shape index (κ1) is 12.8. The maximum Gasteiger partial charge on any atom is 0.341 e. The zero-order valence-corrected chi connectivity index (χ0v) is 10.3. The summed E-state index contributed by atoms with van der Waals surface area (Å²) >= 11 is 5.89. The summed E-state index contributed by atoms with van der Waals surface area (Å²) in [6, 6.07) is 4.95. The molecule has 0 saturated heterocycles. The van der Waals surface area contributed by atoms with Crippen molar-refractivity contribution < 1.29 is 9.53 Å². The molecular weight excluding hydrogens is 226 g/mol. The Hall–Kier alpha value is -1.22. The van der Waals surface area contributed by atoms with Gasteiger partial charge in [-0.2, -0.15) is 0 Å². The van der Waals surface area contributed by atoms with Gasteiger partial charge in [-0.1, -0.05) is 37.9 Å². The number of halogens is 1. The summed E-state index contributed by atoms with van der Waals surface area (Å²) in [5.41, 5.74) is 6.28. The minimum absolute atomic E-state index is 0.257. The molecule has 0 spiro atoms. The van der Waals surface area contributed by atoms with Gasteiger partial charge < -0.3 is 10.5 Å². The van der Waals surface area contributed by atoms with Crippen molar-refractivity contribution in [3.63, 3.8) is 0 Å². The summed E-state index contributed by atoms with van der Waals surface area (Å²) < 4.78 is 5.14. The topological polar surface area (TPSA) is 52.3 Å². The average molecular weight is 242 g/mol. The van der Waals surface area contributed by atoms with Gasteiger partial charge in [-0.05, 0) is 18.1 Å². The fourth-order valence-corrected chi connectivity index (χ4v) is 1.42. The number of carbonyl (C=O) groups is 1. The van der Waals surface area contributed by atoms with Crippen LogP contribution >= 0.6 is 11.6 Å². The number of nitrogen functional groups attached to an aromatic ring is 1. The van der Waals surface area contributed by atoms with E-state index in [4.69, 9.17) is 22.1 Å².